The lowest BCUT2D eigenvalue weighted by atomic mass is 9.92. The van der Waals surface area contributed by atoms with Gasteiger partial charge in [-0.2, -0.15) is 4.37 Å². The second-order valence-electron chi connectivity index (χ2n) is 8.77. The maximum absolute atomic E-state index is 13.0. The summed E-state index contributed by atoms with van der Waals surface area (Å²) in [5.41, 5.74) is 2.47. The lowest BCUT2D eigenvalue weighted by Crippen LogP contribution is -2.46. The number of esters is 1. The molecule has 0 unspecified atom stereocenters. The molecule has 2 aliphatic rings. The van der Waals surface area contributed by atoms with Crippen LogP contribution in [0.15, 0.2) is 24.3 Å². The second-order valence-corrected chi connectivity index (χ2v) is 9.50. The van der Waals surface area contributed by atoms with E-state index in [9.17, 15) is 9.59 Å². The van der Waals surface area contributed by atoms with Crippen molar-refractivity contribution >= 4 is 28.5 Å². The number of nitrogens with zero attached hydrogens (tertiary/aromatic N) is 4. The zero-order valence-electron chi connectivity index (χ0n) is 19.0. The number of rotatable bonds is 6. The number of hydrogen-bond donors (Lipinski definition) is 0. The predicted octanol–water partition coefficient (Wildman–Crippen LogP) is 3.46. The first-order chi connectivity index (χ1) is 15.5. The third-order valence-electron chi connectivity index (χ3n) is 6.48. The molecule has 1 amide bonds. The van der Waals surface area contributed by atoms with E-state index < -0.39 is 0 Å². The van der Waals surface area contributed by atoms with Gasteiger partial charge in [0.2, 0.25) is 11.0 Å². The van der Waals surface area contributed by atoms with E-state index >= 15 is 0 Å². The molecule has 32 heavy (non-hydrogen) atoms. The number of aryl methyl sites for hydroxylation is 1. The molecule has 0 saturated carbocycles. The smallest absolute Gasteiger partial charge is 0.309 e. The Morgan fingerprint density at radius 3 is 2.34 bits per heavy atom. The fourth-order valence-electron chi connectivity index (χ4n) is 4.51. The molecule has 0 N–H and O–H groups in total. The molecule has 0 atom stereocenters. The Balaban J connectivity index is 1.25. The minimum atomic E-state index is -0.119. The van der Waals surface area contributed by atoms with Crippen molar-refractivity contribution in [2.75, 3.05) is 37.7 Å². The molecule has 3 heterocycles. The number of piperidine rings is 2. The molecule has 2 saturated heterocycles. The maximum Gasteiger partial charge on any atom is 0.309 e. The number of carbonyl (C=O) groups excluding carboxylic acids is 2. The summed E-state index contributed by atoms with van der Waals surface area (Å²) in [6.45, 7) is 7.29. The number of aromatic nitrogens is 2. The van der Waals surface area contributed by atoms with Gasteiger partial charge in [0.15, 0.2) is 0 Å². The Kier molecular flexibility index (Phi) is 7.40. The minimum absolute atomic E-state index is 0.0605. The third kappa shape index (κ3) is 5.46. The van der Waals surface area contributed by atoms with Crippen molar-refractivity contribution in [2.45, 2.75) is 46.0 Å². The predicted molar refractivity (Wildman–Crippen MR) is 125 cm³/mol. The summed E-state index contributed by atoms with van der Waals surface area (Å²) in [5, 5.41) is 0.952. The summed E-state index contributed by atoms with van der Waals surface area (Å²) < 4.78 is 9.68. The summed E-state index contributed by atoms with van der Waals surface area (Å²) in [6.07, 6.45) is 3.83. The fraction of sp³-hybridized carbons (Fsp3) is 0.583. The number of ether oxygens (including phenoxy) is 1. The number of benzene rings is 1. The molecule has 0 spiro atoms. The quantitative estimate of drug-likeness (QED) is 0.620. The van der Waals surface area contributed by atoms with E-state index in [2.05, 4.69) is 40.5 Å². The van der Waals surface area contributed by atoms with Crippen molar-refractivity contribution < 1.29 is 14.3 Å². The zero-order valence-corrected chi connectivity index (χ0v) is 19.8. The normalized spacial score (nSPS) is 18.1. The highest BCUT2D eigenvalue weighted by Gasteiger charge is 2.33. The van der Waals surface area contributed by atoms with E-state index in [0.29, 0.717) is 32.5 Å². The molecule has 4 rings (SSSR count). The molecule has 2 aromatic rings. The monoisotopic (exact) mass is 456 g/mol. The van der Waals surface area contributed by atoms with Crippen molar-refractivity contribution in [2.24, 2.45) is 11.8 Å². The minimum Gasteiger partial charge on any atom is -0.466 e. The molecule has 7 nitrogen and oxygen atoms in total. The van der Waals surface area contributed by atoms with Gasteiger partial charge in [-0.1, -0.05) is 29.8 Å². The first-order valence-electron chi connectivity index (χ1n) is 11.6. The van der Waals surface area contributed by atoms with Crippen LogP contribution >= 0.6 is 11.5 Å². The molecule has 8 heteroatoms. The van der Waals surface area contributed by atoms with Crippen LogP contribution in [0.3, 0.4) is 0 Å². The van der Waals surface area contributed by atoms with E-state index in [1.54, 1.807) is 0 Å². The Hall–Kier alpha value is -2.48. The Morgan fingerprint density at radius 1 is 1.03 bits per heavy atom. The molecule has 2 aliphatic heterocycles. The Morgan fingerprint density at radius 2 is 1.69 bits per heavy atom. The summed E-state index contributed by atoms with van der Waals surface area (Å²) in [7, 11) is 0. The van der Waals surface area contributed by atoms with Gasteiger partial charge >= 0.3 is 5.97 Å². The zero-order chi connectivity index (χ0) is 22.5. The molecule has 1 aromatic heterocycles. The second kappa shape index (κ2) is 10.4. The van der Waals surface area contributed by atoms with E-state index in [0.717, 1.165) is 43.3 Å². The van der Waals surface area contributed by atoms with Crippen LogP contribution in [0.5, 0.6) is 0 Å². The van der Waals surface area contributed by atoms with Crippen LogP contribution in [0.25, 0.3) is 0 Å². The summed E-state index contributed by atoms with van der Waals surface area (Å²) in [6, 6.07) is 8.48. The summed E-state index contributed by atoms with van der Waals surface area (Å²) in [4.78, 5) is 33.9. The molecule has 1 aromatic carbocycles. The topological polar surface area (TPSA) is 75.6 Å². The average molecular weight is 457 g/mol. The van der Waals surface area contributed by atoms with E-state index in [1.807, 2.05) is 11.8 Å². The van der Waals surface area contributed by atoms with Crippen LogP contribution in [0.4, 0.5) is 5.13 Å². The van der Waals surface area contributed by atoms with Gasteiger partial charge < -0.3 is 14.5 Å². The summed E-state index contributed by atoms with van der Waals surface area (Å²) >= 11 is 1.45. The van der Waals surface area contributed by atoms with Crippen molar-refractivity contribution in [3.05, 3.63) is 41.2 Å². The fourth-order valence-corrected chi connectivity index (χ4v) is 5.24. The van der Waals surface area contributed by atoms with Gasteiger partial charge in [-0.05, 0) is 45.1 Å². The van der Waals surface area contributed by atoms with Gasteiger partial charge in [0.05, 0.1) is 12.5 Å². The van der Waals surface area contributed by atoms with Crippen LogP contribution in [0.1, 0.15) is 49.6 Å². The SMILES string of the molecule is CCOC(=O)C1CCN(C(=O)C2CCN(c3nc(Cc4ccc(C)cc4)ns3)CC2)CC1. The van der Waals surface area contributed by atoms with Crippen molar-refractivity contribution in [1.29, 1.82) is 0 Å². The highest BCUT2D eigenvalue weighted by atomic mass is 32.1. The number of amides is 1. The van der Waals surface area contributed by atoms with Gasteiger partial charge in [-0.25, -0.2) is 4.98 Å². The highest BCUT2D eigenvalue weighted by Crippen LogP contribution is 2.28. The first-order valence-corrected chi connectivity index (χ1v) is 12.4. The largest absolute Gasteiger partial charge is 0.466 e. The first kappa shape index (κ1) is 22.7. The van der Waals surface area contributed by atoms with Gasteiger partial charge in [0, 0.05) is 50.1 Å². The van der Waals surface area contributed by atoms with Crippen LogP contribution < -0.4 is 4.90 Å². The maximum atomic E-state index is 13.0. The lowest BCUT2D eigenvalue weighted by Gasteiger charge is -2.36. The molecule has 0 aliphatic carbocycles. The van der Waals surface area contributed by atoms with E-state index in [1.165, 1.54) is 22.7 Å². The molecule has 172 valence electrons. The number of anilines is 1. The van der Waals surface area contributed by atoms with Gasteiger partial charge in [-0.15, -0.1) is 0 Å². The number of likely N-dealkylation sites (tertiary alicyclic amines) is 1. The molecular weight excluding hydrogens is 424 g/mol. The molecule has 0 bridgehead atoms. The van der Waals surface area contributed by atoms with Crippen LogP contribution in [0.2, 0.25) is 0 Å². The molecule has 2 fully saturated rings. The Bertz CT molecular complexity index is 914. The van der Waals surface area contributed by atoms with Crippen LogP contribution in [0, 0.1) is 18.8 Å². The standard InChI is InChI=1S/C24H32N4O3S/c1-3-31-23(30)20-10-12-27(13-11-20)22(29)19-8-14-28(15-9-19)24-25-21(26-32-24)16-18-6-4-17(2)5-7-18/h4-7,19-20H,3,8-16H2,1-2H3. The van der Waals surface area contributed by atoms with Crippen molar-refractivity contribution in [3.63, 3.8) is 0 Å². The van der Waals surface area contributed by atoms with Crippen molar-refractivity contribution in [3.8, 4) is 0 Å². The van der Waals surface area contributed by atoms with Gasteiger partial charge in [0.1, 0.15) is 5.82 Å². The number of carbonyl (C=O) groups is 2. The summed E-state index contributed by atoms with van der Waals surface area (Å²) in [5.74, 6) is 0.977. The van der Waals surface area contributed by atoms with E-state index in [4.69, 9.17) is 9.72 Å². The van der Waals surface area contributed by atoms with E-state index in [-0.39, 0.29) is 23.7 Å². The van der Waals surface area contributed by atoms with Gasteiger partial charge in [-0.3, -0.25) is 9.59 Å². The Labute approximate surface area is 193 Å². The molecule has 0 radical (unpaired) electrons. The average Bonchev–Trinajstić information content (AvgIpc) is 3.29. The van der Waals surface area contributed by atoms with Crippen LogP contribution in [-0.2, 0) is 20.7 Å². The third-order valence-corrected chi connectivity index (χ3v) is 7.30. The highest BCUT2D eigenvalue weighted by molar-refractivity contribution is 7.09. The van der Waals surface area contributed by atoms with Crippen LogP contribution in [-0.4, -0.2) is 58.9 Å². The lowest BCUT2D eigenvalue weighted by molar-refractivity contribution is -0.151. The number of hydrogen-bond acceptors (Lipinski definition) is 7. The van der Waals surface area contributed by atoms with Crippen molar-refractivity contribution in [1.82, 2.24) is 14.3 Å². The van der Waals surface area contributed by atoms with Gasteiger partial charge in [0.25, 0.3) is 0 Å². The molecular formula is C24H32N4O3S.